The predicted molar refractivity (Wildman–Crippen MR) is 108 cm³/mol. The lowest BCUT2D eigenvalue weighted by molar-refractivity contribution is -1.02. The number of rotatable bonds is 6. The maximum Gasteiger partial charge on any atom is 0.127 e. The summed E-state index contributed by atoms with van der Waals surface area (Å²) in [5.41, 5.74) is 2.74. The molecule has 2 aromatic carbocycles. The topological polar surface area (TPSA) is 18.1 Å². The molecule has 0 unspecified atom stereocenters. The molecule has 0 aliphatic carbocycles. The molecule has 0 saturated carbocycles. The van der Waals surface area contributed by atoms with E-state index in [-0.39, 0.29) is 0 Å². The summed E-state index contributed by atoms with van der Waals surface area (Å²) in [5, 5.41) is 0. The summed E-state index contributed by atoms with van der Waals surface area (Å²) in [6.07, 6.45) is 2.13. The number of quaternary nitrogens is 2. The molecule has 1 saturated heterocycles. The molecule has 0 atom stereocenters. The average Bonchev–Trinajstić information content (AvgIpc) is 2.64. The van der Waals surface area contributed by atoms with Crippen molar-refractivity contribution in [2.45, 2.75) is 18.0 Å². The summed E-state index contributed by atoms with van der Waals surface area (Å²) in [6, 6.07) is 15.3. The van der Waals surface area contributed by atoms with Crippen LogP contribution in [-0.2, 0) is 13.1 Å². The van der Waals surface area contributed by atoms with E-state index in [1.54, 1.807) is 28.7 Å². The van der Waals surface area contributed by atoms with E-state index < -0.39 is 0 Å². The quantitative estimate of drug-likeness (QED) is 0.689. The predicted octanol–water partition coefficient (Wildman–Crippen LogP) is 1.66. The van der Waals surface area contributed by atoms with Crippen LogP contribution in [0.1, 0.15) is 11.1 Å². The van der Waals surface area contributed by atoms with E-state index in [2.05, 4.69) is 58.6 Å². The zero-order valence-electron chi connectivity index (χ0n) is 15.0. The van der Waals surface area contributed by atoms with Crippen molar-refractivity contribution >= 4 is 27.7 Å². The van der Waals surface area contributed by atoms with Crippen molar-refractivity contribution in [3.63, 3.8) is 0 Å². The monoisotopic (exact) mass is 422 g/mol. The zero-order chi connectivity index (χ0) is 17.6. The number of methoxy groups -OCH3 is 1. The summed E-state index contributed by atoms with van der Waals surface area (Å²) in [6.45, 7) is 7.08. The van der Waals surface area contributed by atoms with Gasteiger partial charge in [-0.05, 0) is 36.6 Å². The third-order valence-corrected chi connectivity index (χ3v) is 6.20. The SMILES string of the molecule is COc1ccc(Br)cc1C[NH+]1CC[NH+](Cc2ccc(SC)cc2)CC1. The number of nitrogens with one attached hydrogen (secondary N) is 2. The van der Waals surface area contributed by atoms with Crippen LogP contribution in [0.5, 0.6) is 5.75 Å². The molecule has 5 heteroatoms. The number of benzene rings is 2. The zero-order valence-corrected chi connectivity index (χ0v) is 17.4. The van der Waals surface area contributed by atoms with E-state index in [1.165, 1.54) is 42.2 Å². The van der Waals surface area contributed by atoms with E-state index in [9.17, 15) is 0 Å². The Balaban J connectivity index is 1.52. The van der Waals surface area contributed by atoms with Gasteiger partial charge in [0, 0.05) is 20.5 Å². The Hall–Kier alpha value is -1.01. The standard InChI is InChI=1S/C20H25BrN2OS/c1-24-20-8-5-18(21)13-17(20)15-23-11-9-22(10-12-23)14-16-3-6-19(25-2)7-4-16/h3-8,13H,9-12,14-15H2,1-2H3/p+2. The molecular weight excluding hydrogens is 396 g/mol. The molecule has 1 aliphatic rings. The van der Waals surface area contributed by atoms with Gasteiger partial charge in [-0.1, -0.05) is 28.1 Å². The van der Waals surface area contributed by atoms with E-state index in [4.69, 9.17) is 4.74 Å². The molecule has 0 spiro atoms. The Morgan fingerprint density at radius 1 is 0.960 bits per heavy atom. The molecule has 0 bridgehead atoms. The normalized spacial score (nSPS) is 20.4. The molecule has 0 amide bonds. The largest absolute Gasteiger partial charge is 0.496 e. The molecule has 2 N–H and O–H groups in total. The molecule has 25 heavy (non-hydrogen) atoms. The second-order valence-electron chi connectivity index (χ2n) is 6.66. The lowest BCUT2D eigenvalue weighted by Crippen LogP contribution is -3.27. The Morgan fingerprint density at radius 2 is 1.60 bits per heavy atom. The molecule has 3 nitrogen and oxygen atoms in total. The van der Waals surface area contributed by atoms with Gasteiger partial charge >= 0.3 is 0 Å². The van der Waals surface area contributed by atoms with Crippen LogP contribution >= 0.6 is 27.7 Å². The number of thioether (sulfide) groups is 1. The summed E-state index contributed by atoms with van der Waals surface area (Å²) < 4.78 is 6.65. The Labute approximate surface area is 163 Å². The van der Waals surface area contributed by atoms with Crippen molar-refractivity contribution < 1.29 is 14.5 Å². The lowest BCUT2D eigenvalue weighted by Gasteiger charge is -2.30. The first kappa shape index (κ1) is 18.8. The van der Waals surface area contributed by atoms with Crippen LogP contribution in [0, 0.1) is 0 Å². The maximum absolute atomic E-state index is 5.52. The summed E-state index contributed by atoms with van der Waals surface area (Å²) in [7, 11) is 1.76. The second-order valence-corrected chi connectivity index (χ2v) is 8.45. The second kappa shape index (κ2) is 9.08. The van der Waals surface area contributed by atoms with E-state index >= 15 is 0 Å². The van der Waals surface area contributed by atoms with Gasteiger partial charge in [0.1, 0.15) is 45.0 Å². The van der Waals surface area contributed by atoms with Crippen LogP contribution in [0.4, 0.5) is 0 Å². The molecule has 1 aliphatic heterocycles. The number of piperazine rings is 1. The van der Waals surface area contributed by atoms with Gasteiger partial charge in [0.05, 0.1) is 7.11 Å². The highest BCUT2D eigenvalue weighted by Crippen LogP contribution is 2.22. The number of hydrogen-bond donors (Lipinski definition) is 2. The van der Waals surface area contributed by atoms with Gasteiger partial charge in [-0.3, -0.25) is 0 Å². The van der Waals surface area contributed by atoms with Crippen molar-refractivity contribution in [1.82, 2.24) is 0 Å². The Morgan fingerprint density at radius 3 is 2.20 bits per heavy atom. The van der Waals surface area contributed by atoms with Crippen LogP contribution in [0.3, 0.4) is 0 Å². The number of halogens is 1. The van der Waals surface area contributed by atoms with Crippen LogP contribution in [0.2, 0.25) is 0 Å². The smallest absolute Gasteiger partial charge is 0.127 e. The Bertz CT molecular complexity index is 685. The fraction of sp³-hybridized carbons (Fsp3) is 0.400. The molecule has 0 aromatic heterocycles. The maximum atomic E-state index is 5.52. The Kier molecular flexibility index (Phi) is 6.82. The molecule has 3 rings (SSSR count). The number of ether oxygens (including phenoxy) is 1. The van der Waals surface area contributed by atoms with Crippen LogP contribution in [-0.4, -0.2) is 39.5 Å². The van der Waals surface area contributed by atoms with Gasteiger partial charge in [0.15, 0.2) is 0 Å². The molecule has 134 valence electrons. The first-order valence-electron chi connectivity index (χ1n) is 8.80. The molecule has 1 heterocycles. The summed E-state index contributed by atoms with van der Waals surface area (Å²) in [5.74, 6) is 0.999. The minimum atomic E-state index is 0.999. The van der Waals surface area contributed by atoms with E-state index in [0.29, 0.717) is 0 Å². The van der Waals surface area contributed by atoms with Gasteiger partial charge in [-0.15, -0.1) is 11.8 Å². The molecule has 2 aromatic rings. The first-order valence-corrected chi connectivity index (χ1v) is 10.8. The van der Waals surface area contributed by atoms with Crippen molar-refractivity contribution in [3.05, 3.63) is 58.1 Å². The first-order chi connectivity index (χ1) is 12.2. The third kappa shape index (κ3) is 5.23. The van der Waals surface area contributed by atoms with E-state index in [0.717, 1.165) is 23.3 Å². The summed E-state index contributed by atoms with van der Waals surface area (Å²) in [4.78, 5) is 4.69. The summed E-state index contributed by atoms with van der Waals surface area (Å²) >= 11 is 5.38. The average molecular weight is 423 g/mol. The van der Waals surface area contributed by atoms with Crippen molar-refractivity contribution in [2.75, 3.05) is 39.5 Å². The van der Waals surface area contributed by atoms with Crippen LogP contribution in [0.15, 0.2) is 51.8 Å². The third-order valence-electron chi connectivity index (χ3n) is 4.96. The van der Waals surface area contributed by atoms with Crippen molar-refractivity contribution in [1.29, 1.82) is 0 Å². The highest BCUT2D eigenvalue weighted by atomic mass is 79.9. The lowest BCUT2D eigenvalue weighted by atomic mass is 10.1. The minimum Gasteiger partial charge on any atom is -0.496 e. The molecule has 1 fully saturated rings. The van der Waals surface area contributed by atoms with Gasteiger partial charge in [-0.25, -0.2) is 0 Å². The van der Waals surface area contributed by atoms with E-state index in [1.807, 2.05) is 6.07 Å². The highest BCUT2D eigenvalue weighted by molar-refractivity contribution is 9.10. The fourth-order valence-electron chi connectivity index (χ4n) is 3.50. The molecule has 0 radical (unpaired) electrons. The van der Waals surface area contributed by atoms with Gasteiger partial charge in [0.25, 0.3) is 0 Å². The van der Waals surface area contributed by atoms with Gasteiger partial charge < -0.3 is 14.5 Å². The number of hydrogen-bond acceptors (Lipinski definition) is 2. The van der Waals surface area contributed by atoms with Crippen molar-refractivity contribution in [2.24, 2.45) is 0 Å². The van der Waals surface area contributed by atoms with Crippen LogP contribution in [0.25, 0.3) is 0 Å². The molecular formula is C20H27BrN2OS+2. The minimum absolute atomic E-state index is 0.999. The van der Waals surface area contributed by atoms with Crippen LogP contribution < -0.4 is 14.5 Å². The highest BCUT2D eigenvalue weighted by Gasteiger charge is 2.24. The van der Waals surface area contributed by atoms with Gasteiger partial charge in [-0.2, -0.15) is 0 Å². The van der Waals surface area contributed by atoms with Crippen molar-refractivity contribution in [3.8, 4) is 5.75 Å². The fourth-order valence-corrected chi connectivity index (χ4v) is 4.31. The van der Waals surface area contributed by atoms with Gasteiger partial charge in [0.2, 0.25) is 0 Å².